The van der Waals surface area contributed by atoms with Crippen molar-refractivity contribution in [3.63, 3.8) is 0 Å². The molecule has 1 spiro atoms. The first kappa shape index (κ1) is 13.6. The summed E-state index contributed by atoms with van der Waals surface area (Å²) in [5.41, 5.74) is 1.51. The normalized spacial score (nSPS) is 39.9. The van der Waals surface area contributed by atoms with E-state index in [0.29, 0.717) is 12.0 Å². The molecule has 23 heavy (non-hydrogen) atoms. The summed E-state index contributed by atoms with van der Waals surface area (Å²) in [6.45, 7) is 2.99. The SMILES string of the molecule is COc1ccc2c3c1OC1(C)C(=O)C=CC4C(C2)N(C)CCC341. The van der Waals surface area contributed by atoms with Crippen molar-refractivity contribution in [1.29, 1.82) is 0 Å². The molecule has 0 saturated carbocycles. The number of benzene rings is 1. The number of hydrogen-bond donors (Lipinski definition) is 0. The number of rotatable bonds is 1. The zero-order valence-electron chi connectivity index (χ0n) is 13.8. The van der Waals surface area contributed by atoms with Crippen molar-refractivity contribution < 1.29 is 14.3 Å². The fourth-order valence-electron chi connectivity index (χ4n) is 5.62. The lowest BCUT2D eigenvalue weighted by molar-refractivity contribution is -0.140. The molecule has 2 aliphatic carbocycles. The molecule has 2 heterocycles. The zero-order chi connectivity index (χ0) is 16.0. The molecular formula is C19H21NO3. The topological polar surface area (TPSA) is 38.8 Å². The number of nitrogens with zero attached hydrogens (tertiary/aromatic N) is 1. The zero-order valence-corrected chi connectivity index (χ0v) is 13.8. The van der Waals surface area contributed by atoms with Crippen LogP contribution in [-0.4, -0.2) is 43.0 Å². The van der Waals surface area contributed by atoms with Gasteiger partial charge in [0.1, 0.15) is 0 Å². The first-order chi connectivity index (χ1) is 11.0. The Kier molecular flexibility index (Phi) is 2.36. The summed E-state index contributed by atoms with van der Waals surface area (Å²) in [6.07, 6.45) is 5.85. The molecule has 120 valence electrons. The van der Waals surface area contributed by atoms with Gasteiger partial charge in [0.25, 0.3) is 0 Å². The maximum atomic E-state index is 12.9. The molecule has 0 N–H and O–H groups in total. The fourth-order valence-corrected chi connectivity index (χ4v) is 5.62. The summed E-state index contributed by atoms with van der Waals surface area (Å²) in [5, 5.41) is 0. The summed E-state index contributed by atoms with van der Waals surface area (Å²) >= 11 is 0. The average molecular weight is 311 g/mol. The van der Waals surface area contributed by atoms with Gasteiger partial charge in [-0.3, -0.25) is 4.79 Å². The summed E-state index contributed by atoms with van der Waals surface area (Å²) in [4.78, 5) is 15.3. The largest absolute Gasteiger partial charge is 0.493 e. The van der Waals surface area contributed by atoms with E-state index in [1.54, 1.807) is 13.2 Å². The van der Waals surface area contributed by atoms with Crippen LogP contribution in [0.5, 0.6) is 11.5 Å². The van der Waals surface area contributed by atoms with Crippen LogP contribution < -0.4 is 9.47 Å². The molecule has 1 fully saturated rings. The second-order valence-electron chi connectivity index (χ2n) is 7.49. The Morgan fingerprint density at radius 3 is 3.00 bits per heavy atom. The van der Waals surface area contributed by atoms with E-state index in [1.165, 1.54) is 11.1 Å². The molecule has 1 aromatic carbocycles. The Hall–Kier alpha value is -1.81. The molecule has 4 heteroatoms. The van der Waals surface area contributed by atoms with Gasteiger partial charge in [0, 0.05) is 17.5 Å². The van der Waals surface area contributed by atoms with E-state index < -0.39 is 5.60 Å². The van der Waals surface area contributed by atoms with Crippen molar-refractivity contribution in [1.82, 2.24) is 4.90 Å². The van der Waals surface area contributed by atoms with Crippen LogP contribution in [0.1, 0.15) is 24.5 Å². The molecule has 0 aromatic heterocycles. The van der Waals surface area contributed by atoms with Crippen molar-refractivity contribution in [2.45, 2.75) is 36.8 Å². The van der Waals surface area contributed by atoms with Gasteiger partial charge in [-0.05, 0) is 51.1 Å². The second-order valence-corrected chi connectivity index (χ2v) is 7.49. The molecule has 2 aliphatic heterocycles. The maximum absolute atomic E-state index is 12.9. The first-order valence-corrected chi connectivity index (χ1v) is 8.35. The van der Waals surface area contributed by atoms with Crippen LogP contribution in [0.2, 0.25) is 0 Å². The molecule has 0 amide bonds. The minimum absolute atomic E-state index is 0.0863. The highest BCUT2D eigenvalue weighted by molar-refractivity contribution is 6.01. The molecule has 1 saturated heterocycles. The molecule has 1 aromatic rings. The van der Waals surface area contributed by atoms with Crippen LogP contribution in [-0.2, 0) is 16.6 Å². The first-order valence-electron chi connectivity index (χ1n) is 8.35. The molecule has 4 aliphatic rings. The second kappa shape index (κ2) is 3.99. The Morgan fingerprint density at radius 2 is 2.22 bits per heavy atom. The van der Waals surface area contributed by atoms with E-state index in [1.807, 2.05) is 13.0 Å². The molecule has 4 nitrogen and oxygen atoms in total. The Morgan fingerprint density at radius 1 is 1.39 bits per heavy atom. The third-order valence-electron chi connectivity index (χ3n) is 6.79. The van der Waals surface area contributed by atoms with Crippen LogP contribution >= 0.6 is 0 Å². The Labute approximate surface area is 136 Å². The number of piperidine rings is 1. The van der Waals surface area contributed by atoms with Gasteiger partial charge in [-0.2, -0.15) is 0 Å². The smallest absolute Gasteiger partial charge is 0.199 e. The number of hydrogen-bond acceptors (Lipinski definition) is 4. The van der Waals surface area contributed by atoms with E-state index in [4.69, 9.17) is 9.47 Å². The molecule has 4 unspecified atom stereocenters. The number of carbonyl (C=O) groups is 1. The third kappa shape index (κ3) is 1.28. The number of ketones is 1. The van der Waals surface area contributed by atoms with Gasteiger partial charge < -0.3 is 14.4 Å². The number of likely N-dealkylation sites (tertiary alicyclic amines) is 1. The third-order valence-corrected chi connectivity index (χ3v) is 6.79. The van der Waals surface area contributed by atoms with Gasteiger partial charge in [0.05, 0.1) is 12.5 Å². The van der Waals surface area contributed by atoms with Crippen molar-refractivity contribution >= 4 is 5.78 Å². The van der Waals surface area contributed by atoms with E-state index in [-0.39, 0.29) is 11.2 Å². The molecule has 0 radical (unpaired) electrons. The quantitative estimate of drug-likeness (QED) is 0.796. The number of methoxy groups -OCH3 is 1. The average Bonchev–Trinajstić information content (AvgIpc) is 2.82. The minimum Gasteiger partial charge on any atom is -0.493 e. The van der Waals surface area contributed by atoms with E-state index >= 15 is 0 Å². The highest BCUT2D eigenvalue weighted by Crippen LogP contribution is 2.65. The maximum Gasteiger partial charge on any atom is 0.199 e. The summed E-state index contributed by atoms with van der Waals surface area (Å²) in [7, 11) is 3.87. The van der Waals surface area contributed by atoms with Crippen LogP contribution in [0.3, 0.4) is 0 Å². The highest BCUT2D eigenvalue weighted by Gasteiger charge is 2.70. The highest BCUT2D eigenvalue weighted by atomic mass is 16.5. The van der Waals surface area contributed by atoms with Crippen LogP contribution in [0, 0.1) is 5.92 Å². The van der Waals surface area contributed by atoms with Crippen molar-refractivity contribution in [2.75, 3.05) is 20.7 Å². The standard InChI is InChI=1S/C19H21NO3/c1-18-15(21)7-5-12-13-10-11-4-6-14(22-3)17(23-18)16(11)19(12,18)8-9-20(13)2/h4-7,12-13H,8-10H2,1-3H3. The Balaban J connectivity index is 1.88. The van der Waals surface area contributed by atoms with Gasteiger partial charge >= 0.3 is 0 Å². The van der Waals surface area contributed by atoms with Gasteiger partial charge in [-0.1, -0.05) is 12.1 Å². The lowest BCUT2D eigenvalue weighted by Crippen LogP contribution is -2.69. The molecular weight excluding hydrogens is 290 g/mol. The van der Waals surface area contributed by atoms with Crippen molar-refractivity contribution in [3.05, 3.63) is 35.4 Å². The van der Waals surface area contributed by atoms with Crippen LogP contribution in [0.4, 0.5) is 0 Å². The number of carbonyl (C=O) groups excluding carboxylic acids is 1. The van der Waals surface area contributed by atoms with Crippen LogP contribution in [0.15, 0.2) is 24.3 Å². The fraction of sp³-hybridized carbons (Fsp3) is 0.526. The molecule has 2 bridgehead atoms. The van der Waals surface area contributed by atoms with E-state index in [0.717, 1.165) is 30.9 Å². The summed E-state index contributed by atoms with van der Waals surface area (Å²) in [5.74, 6) is 1.96. The summed E-state index contributed by atoms with van der Waals surface area (Å²) < 4.78 is 11.9. The number of ether oxygens (including phenoxy) is 2. The summed E-state index contributed by atoms with van der Waals surface area (Å²) in [6, 6.07) is 4.59. The lowest BCUT2D eigenvalue weighted by atomic mass is 9.49. The van der Waals surface area contributed by atoms with Gasteiger partial charge in [0.2, 0.25) is 0 Å². The van der Waals surface area contributed by atoms with Gasteiger partial charge in [0.15, 0.2) is 22.9 Å². The lowest BCUT2D eigenvalue weighted by Gasteiger charge is -2.58. The van der Waals surface area contributed by atoms with E-state index in [9.17, 15) is 4.79 Å². The monoisotopic (exact) mass is 311 g/mol. The molecule has 5 rings (SSSR count). The predicted octanol–water partition coefficient (Wildman–Crippen LogP) is 2.10. The van der Waals surface area contributed by atoms with Crippen LogP contribution in [0.25, 0.3) is 0 Å². The van der Waals surface area contributed by atoms with E-state index in [2.05, 4.69) is 24.1 Å². The van der Waals surface area contributed by atoms with Gasteiger partial charge in [-0.15, -0.1) is 0 Å². The Bertz CT molecular complexity index is 770. The predicted molar refractivity (Wildman–Crippen MR) is 86.1 cm³/mol. The van der Waals surface area contributed by atoms with Crippen molar-refractivity contribution in [3.8, 4) is 11.5 Å². The number of likely N-dealkylation sites (N-methyl/N-ethyl adjacent to an activating group) is 1. The van der Waals surface area contributed by atoms with Gasteiger partial charge in [-0.25, -0.2) is 0 Å². The van der Waals surface area contributed by atoms with Crippen molar-refractivity contribution in [2.24, 2.45) is 5.92 Å². The molecule has 4 atom stereocenters. The minimum atomic E-state index is -0.807.